The minimum absolute atomic E-state index is 0.213. The third-order valence-electron chi connectivity index (χ3n) is 2.22. The maximum Gasteiger partial charge on any atom is 0.177 e. The summed E-state index contributed by atoms with van der Waals surface area (Å²) in [5.74, 6) is 0.853. The topological polar surface area (TPSA) is 27.7 Å². The third kappa shape index (κ3) is 2.58. The van der Waals surface area contributed by atoms with Gasteiger partial charge in [0.15, 0.2) is 6.29 Å². The summed E-state index contributed by atoms with van der Waals surface area (Å²) in [6.45, 7) is 1.34. The van der Waals surface area contributed by atoms with E-state index in [1.807, 2.05) is 36.4 Å². The first kappa shape index (κ1) is 10.2. The molecule has 0 unspecified atom stereocenters. The molecule has 0 atom stereocenters. The molecule has 0 amide bonds. The molecular weight excluding hydrogens is 192 g/mol. The van der Waals surface area contributed by atoms with Crippen LogP contribution in [0.2, 0.25) is 0 Å². The average Bonchev–Trinajstić information content (AvgIpc) is 2.79. The fraction of sp³-hybridized carbons (Fsp3) is 0.333. The zero-order valence-corrected chi connectivity index (χ0v) is 8.68. The minimum atomic E-state index is -0.213. The molecule has 1 aliphatic heterocycles. The highest BCUT2D eigenvalue weighted by Crippen LogP contribution is 2.19. The van der Waals surface area contributed by atoms with Crippen LogP contribution in [0.5, 0.6) is 5.75 Å². The smallest absolute Gasteiger partial charge is 0.177 e. The molecule has 1 aromatic carbocycles. The van der Waals surface area contributed by atoms with Gasteiger partial charge in [-0.1, -0.05) is 24.3 Å². The highest BCUT2D eigenvalue weighted by molar-refractivity contribution is 5.57. The van der Waals surface area contributed by atoms with E-state index in [0.29, 0.717) is 13.2 Å². The van der Waals surface area contributed by atoms with Crippen molar-refractivity contribution in [2.24, 2.45) is 0 Å². The van der Waals surface area contributed by atoms with Crippen LogP contribution in [-0.2, 0) is 9.47 Å². The van der Waals surface area contributed by atoms with Crippen molar-refractivity contribution >= 4 is 6.08 Å². The zero-order chi connectivity index (χ0) is 10.5. The van der Waals surface area contributed by atoms with E-state index in [-0.39, 0.29) is 6.29 Å². The van der Waals surface area contributed by atoms with E-state index >= 15 is 0 Å². The van der Waals surface area contributed by atoms with Gasteiger partial charge in [-0.15, -0.1) is 0 Å². The van der Waals surface area contributed by atoms with Crippen molar-refractivity contribution < 1.29 is 14.2 Å². The van der Waals surface area contributed by atoms with Crippen LogP contribution in [0.25, 0.3) is 6.08 Å². The van der Waals surface area contributed by atoms with Crippen LogP contribution >= 0.6 is 0 Å². The summed E-state index contributed by atoms with van der Waals surface area (Å²) in [5, 5.41) is 0. The summed E-state index contributed by atoms with van der Waals surface area (Å²) >= 11 is 0. The van der Waals surface area contributed by atoms with Crippen LogP contribution in [0.15, 0.2) is 30.3 Å². The summed E-state index contributed by atoms with van der Waals surface area (Å²) in [6.07, 6.45) is 3.63. The summed E-state index contributed by atoms with van der Waals surface area (Å²) < 4.78 is 15.8. The summed E-state index contributed by atoms with van der Waals surface area (Å²) in [6, 6.07) is 7.83. The number of hydrogen-bond donors (Lipinski definition) is 0. The molecule has 1 aliphatic rings. The lowest BCUT2D eigenvalue weighted by Gasteiger charge is -2.05. The van der Waals surface area contributed by atoms with Crippen molar-refractivity contribution in [1.29, 1.82) is 0 Å². The van der Waals surface area contributed by atoms with Gasteiger partial charge in [0, 0.05) is 5.56 Å². The molecular formula is C12H14O3. The Hall–Kier alpha value is -1.32. The molecule has 0 N–H and O–H groups in total. The van der Waals surface area contributed by atoms with Crippen molar-refractivity contribution in [1.82, 2.24) is 0 Å². The Balaban J connectivity index is 2.08. The lowest BCUT2D eigenvalue weighted by molar-refractivity contribution is -0.000910. The number of rotatable bonds is 3. The Morgan fingerprint density at radius 3 is 2.73 bits per heavy atom. The molecule has 0 saturated carbocycles. The molecule has 0 bridgehead atoms. The standard InChI is InChI=1S/C12H14O3/c1-13-11-5-3-2-4-10(11)6-7-12-14-8-9-15-12/h2-7,12H,8-9H2,1H3/b7-6+. The molecule has 3 heteroatoms. The Morgan fingerprint density at radius 1 is 1.27 bits per heavy atom. The van der Waals surface area contributed by atoms with E-state index in [9.17, 15) is 0 Å². The van der Waals surface area contributed by atoms with Crippen molar-refractivity contribution in [2.45, 2.75) is 6.29 Å². The van der Waals surface area contributed by atoms with Gasteiger partial charge in [0.05, 0.1) is 20.3 Å². The Bertz CT molecular complexity index is 340. The van der Waals surface area contributed by atoms with Crippen molar-refractivity contribution in [3.63, 3.8) is 0 Å². The summed E-state index contributed by atoms with van der Waals surface area (Å²) in [5.41, 5.74) is 1.03. The first-order valence-electron chi connectivity index (χ1n) is 4.94. The Kier molecular flexibility index (Phi) is 3.37. The highest BCUT2D eigenvalue weighted by Gasteiger charge is 2.11. The maximum atomic E-state index is 5.30. The molecule has 15 heavy (non-hydrogen) atoms. The van der Waals surface area contributed by atoms with Crippen molar-refractivity contribution in [2.75, 3.05) is 20.3 Å². The molecule has 1 heterocycles. The Labute approximate surface area is 89.3 Å². The quantitative estimate of drug-likeness (QED) is 0.757. The van der Waals surface area contributed by atoms with Crippen LogP contribution < -0.4 is 4.74 Å². The predicted molar refractivity (Wildman–Crippen MR) is 57.7 cm³/mol. The molecule has 0 spiro atoms. The second-order valence-electron chi connectivity index (χ2n) is 3.21. The zero-order valence-electron chi connectivity index (χ0n) is 8.68. The lowest BCUT2D eigenvalue weighted by atomic mass is 10.2. The van der Waals surface area contributed by atoms with Crippen molar-refractivity contribution in [3.05, 3.63) is 35.9 Å². The van der Waals surface area contributed by atoms with E-state index in [0.717, 1.165) is 11.3 Å². The molecule has 3 nitrogen and oxygen atoms in total. The van der Waals surface area contributed by atoms with Gasteiger partial charge in [0.1, 0.15) is 5.75 Å². The highest BCUT2D eigenvalue weighted by atomic mass is 16.7. The molecule has 1 fully saturated rings. The molecule has 0 aliphatic carbocycles. The normalized spacial score (nSPS) is 17.4. The van der Waals surface area contributed by atoms with E-state index in [1.54, 1.807) is 7.11 Å². The molecule has 80 valence electrons. The minimum Gasteiger partial charge on any atom is -0.496 e. The largest absolute Gasteiger partial charge is 0.496 e. The van der Waals surface area contributed by atoms with Crippen LogP contribution in [-0.4, -0.2) is 26.6 Å². The third-order valence-corrected chi connectivity index (χ3v) is 2.22. The van der Waals surface area contributed by atoms with E-state index in [2.05, 4.69) is 0 Å². The fourth-order valence-electron chi connectivity index (χ4n) is 1.47. The molecule has 1 aromatic rings. The number of para-hydroxylation sites is 1. The lowest BCUT2D eigenvalue weighted by Crippen LogP contribution is -2.01. The second-order valence-corrected chi connectivity index (χ2v) is 3.21. The van der Waals surface area contributed by atoms with Gasteiger partial charge in [-0.3, -0.25) is 0 Å². The van der Waals surface area contributed by atoms with Crippen LogP contribution in [0, 0.1) is 0 Å². The monoisotopic (exact) mass is 206 g/mol. The Morgan fingerprint density at radius 2 is 2.00 bits per heavy atom. The first-order chi connectivity index (χ1) is 7.40. The van der Waals surface area contributed by atoms with E-state index in [1.165, 1.54) is 0 Å². The van der Waals surface area contributed by atoms with Crippen molar-refractivity contribution in [3.8, 4) is 5.75 Å². The second kappa shape index (κ2) is 4.96. The number of methoxy groups -OCH3 is 1. The van der Waals surface area contributed by atoms with E-state index in [4.69, 9.17) is 14.2 Å². The SMILES string of the molecule is COc1ccccc1/C=C/C1OCCO1. The number of benzene rings is 1. The number of ether oxygens (including phenoxy) is 3. The van der Waals surface area contributed by atoms with E-state index < -0.39 is 0 Å². The van der Waals surface area contributed by atoms with Crippen LogP contribution in [0.4, 0.5) is 0 Å². The molecule has 0 aromatic heterocycles. The van der Waals surface area contributed by atoms with Gasteiger partial charge in [-0.05, 0) is 12.1 Å². The van der Waals surface area contributed by atoms with Gasteiger partial charge in [0.2, 0.25) is 0 Å². The van der Waals surface area contributed by atoms with Gasteiger partial charge in [0.25, 0.3) is 0 Å². The maximum absolute atomic E-state index is 5.30. The summed E-state index contributed by atoms with van der Waals surface area (Å²) in [4.78, 5) is 0. The molecule has 1 saturated heterocycles. The molecule has 2 rings (SSSR count). The van der Waals surface area contributed by atoms with Gasteiger partial charge in [-0.2, -0.15) is 0 Å². The first-order valence-corrected chi connectivity index (χ1v) is 4.94. The van der Waals surface area contributed by atoms with Gasteiger partial charge in [-0.25, -0.2) is 0 Å². The van der Waals surface area contributed by atoms with Crippen LogP contribution in [0.3, 0.4) is 0 Å². The average molecular weight is 206 g/mol. The predicted octanol–water partition coefficient (Wildman–Crippen LogP) is 2.08. The fourth-order valence-corrected chi connectivity index (χ4v) is 1.47. The van der Waals surface area contributed by atoms with Gasteiger partial charge >= 0.3 is 0 Å². The van der Waals surface area contributed by atoms with Crippen LogP contribution in [0.1, 0.15) is 5.56 Å². The summed E-state index contributed by atoms with van der Waals surface area (Å²) in [7, 11) is 1.66. The number of hydrogen-bond acceptors (Lipinski definition) is 3. The van der Waals surface area contributed by atoms with Gasteiger partial charge < -0.3 is 14.2 Å². The molecule has 0 radical (unpaired) electrons.